The molecule has 48 valence electrons. The van der Waals surface area contributed by atoms with E-state index < -0.39 is 13.5 Å². The van der Waals surface area contributed by atoms with Crippen molar-refractivity contribution in [3.05, 3.63) is 0 Å². The van der Waals surface area contributed by atoms with Gasteiger partial charge in [0.25, 0.3) is 0 Å². The third-order valence-electron chi connectivity index (χ3n) is 0. The minimum absolute atomic E-state index is 0. The molecule has 0 aliphatic carbocycles. The Kier molecular flexibility index (Phi) is 120. The maximum atomic E-state index is 8.42. The molecular weight excluding hydrogens is 234 g/mol. The molecule has 13 heavy (non-hydrogen) atoms. The Labute approximate surface area is 187 Å². The van der Waals surface area contributed by atoms with E-state index in [2.05, 4.69) is 0 Å². The summed E-state index contributed by atoms with van der Waals surface area (Å²) in [6.07, 6.45) is -2.33. The molecule has 0 rings (SSSR count). The van der Waals surface area contributed by atoms with Gasteiger partial charge in [-0.15, -0.1) is 0 Å². The summed E-state index contributed by atoms with van der Waals surface area (Å²) in [5, 5.41) is 41.9. The van der Waals surface area contributed by atoms with E-state index in [1.165, 1.54) is 0 Å². The molecule has 0 unspecified atom stereocenters. The van der Waals surface area contributed by atoms with Gasteiger partial charge in [-0.1, -0.05) is 0 Å². The van der Waals surface area contributed by atoms with Gasteiger partial charge in [0.1, 0.15) is 0 Å². The summed E-state index contributed by atoms with van der Waals surface area (Å²) < 4.78 is 0. The van der Waals surface area contributed by atoms with Crippen molar-refractivity contribution in [2.75, 3.05) is 0 Å². The summed E-state index contributed by atoms with van der Waals surface area (Å²) in [7, 11) is -2.92. The van der Waals surface area contributed by atoms with Gasteiger partial charge >= 0.3 is 148 Å². The van der Waals surface area contributed by atoms with E-state index in [0.717, 1.165) is 0 Å². The first kappa shape index (κ1) is 43.4. The van der Waals surface area contributed by atoms with Gasteiger partial charge in [0, 0.05) is 0 Å². The van der Waals surface area contributed by atoms with E-state index in [9.17, 15) is 0 Å². The van der Waals surface area contributed by atoms with Gasteiger partial charge in [-0.2, -0.15) is 0 Å². The van der Waals surface area contributed by atoms with Crippen LogP contribution in [0, 0.1) is 0 Å². The summed E-state index contributed by atoms with van der Waals surface area (Å²) in [5.41, 5.74) is 0. The summed E-state index contributed by atoms with van der Waals surface area (Å²) in [4.78, 5) is 8.33. The summed E-state index contributed by atoms with van der Waals surface area (Å²) >= 11 is 0. The van der Waals surface area contributed by atoms with Crippen LogP contribution in [0.2, 0.25) is 0 Å². The maximum Gasteiger partial charge on any atom is 1.00 e. The number of carbonyl (C=O) groups is 1. The summed E-state index contributed by atoms with van der Waals surface area (Å²) in [6.45, 7) is 0. The molecule has 0 spiro atoms. The van der Waals surface area contributed by atoms with Gasteiger partial charge in [0.2, 0.25) is 0 Å². The van der Waals surface area contributed by atoms with Crippen LogP contribution in [0.15, 0.2) is 0 Å². The number of carbonyl (C=O) groups excluding carboxylic acids is 1. The number of hydrogen-bond donors (Lipinski definition) is 0. The molecule has 12 heteroatoms. The minimum Gasteiger partial charge on any atom is -0.907 e. The average molecular weight is 234 g/mol. The molecule has 0 atom stereocenters. The zero-order valence-electron chi connectivity index (χ0n) is 8.53. The average Bonchev–Trinajstić information content (AvgIpc) is 1.25. The van der Waals surface area contributed by atoms with Crippen LogP contribution in [0.1, 0.15) is 0 Å². The van der Waals surface area contributed by atoms with Crippen LogP contribution >= 0.6 is 0 Å². The predicted octanol–water partition coefficient (Wildman–Crippen LogP) is -21.4. The van der Waals surface area contributed by atoms with Crippen molar-refractivity contribution in [1.82, 2.24) is 0 Å². The van der Waals surface area contributed by atoms with Crippen molar-refractivity contribution in [2.45, 2.75) is 0 Å². The molecule has 0 bridgehead atoms. The minimum atomic E-state index is -2.92. The predicted molar refractivity (Wildman–Crippen MR) is 11.1 cm³/mol. The third-order valence-corrected chi connectivity index (χ3v) is 0. The van der Waals surface area contributed by atoms with Crippen LogP contribution in [0.3, 0.4) is 0 Å². The molecule has 0 N–H and O–H groups in total. The smallest absolute Gasteiger partial charge is 0.907 e. The van der Waals surface area contributed by atoms with Gasteiger partial charge in [0.15, 0.2) is 0 Å². The first-order chi connectivity index (χ1) is 3.46. The van der Waals surface area contributed by atoms with E-state index in [4.69, 9.17) is 30.1 Å². The molecule has 0 amide bonds. The number of carboxylic acid groups (broad SMARTS) is 2. The van der Waals surface area contributed by atoms with Crippen LogP contribution < -0.4 is 173 Å². The standard InChI is InChI=1S/CH2O3.BO3.5Na/c2*2-1(3)4;;;;;/h(H2,2,3,4);;;;;;/q;-3;5*+1/p-2. The monoisotopic (exact) mass is 234 g/mol. The third kappa shape index (κ3) is 184. The molecular formula is CBNa5O6. The van der Waals surface area contributed by atoms with Gasteiger partial charge in [-0.25, -0.2) is 0 Å². The fourth-order valence-corrected chi connectivity index (χ4v) is 0. The normalized spacial score (nSPS) is 3.92. The van der Waals surface area contributed by atoms with Crippen LogP contribution in [-0.4, -0.2) is 13.5 Å². The zero-order valence-corrected chi connectivity index (χ0v) is 18.5. The second-order valence-corrected chi connectivity index (χ2v) is 0.539. The van der Waals surface area contributed by atoms with Crippen LogP contribution in [0.4, 0.5) is 4.79 Å². The number of rotatable bonds is 0. The molecule has 0 heterocycles. The molecule has 0 aromatic rings. The summed E-state index contributed by atoms with van der Waals surface area (Å²) in [6, 6.07) is 0. The molecule has 0 fully saturated rings. The van der Waals surface area contributed by atoms with E-state index in [-0.39, 0.29) is 148 Å². The van der Waals surface area contributed by atoms with Crippen molar-refractivity contribution in [1.29, 1.82) is 0 Å². The molecule has 0 radical (unpaired) electrons. The number of hydrogen-bond acceptors (Lipinski definition) is 6. The Balaban J connectivity index is -0.00000000800. The van der Waals surface area contributed by atoms with E-state index in [0.29, 0.717) is 0 Å². The second kappa shape index (κ2) is 36.0. The molecule has 0 saturated heterocycles. The van der Waals surface area contributed by atoms with Crippen molar-refractivity contribution < 1.29 is 178 Å². The van der Waals surface area contributed by atoms with Gasteiger partial charge in [-0.3, -0.25) is 7.32 Å². The van der Waals surface area contributed by atoms with E-state index >= 15 is 0 Å². The van der Waals surface area contributed by atoms with Crippen molar-refractivity contribution in [3.63, 3.8) is 0 Å². The molecule has 0 saturated carbocycles. The Morgan fingerprint density at radius 1 is 0.769 bits per heavy atom. The molecule has 0 aromatic carbocycles. The molecule has 0 aliphatic heterocycles. The van der Waals surface area contributed by atoms with Crippen molar-refractivity contribution in [3.8, 4) is 0 Å². The Bertz CT molecular complexity index is 65.3. The molecule has 0 aliphatic rings. The molecule has 0 aromatic heterocycles. The van der Waals surface area contributed by atoms with Gasteiger partial charge in [0.05, 0.1) is 0 Å². The van der Waals surface area contributed by atoms with Gasteiger partial charge in [-0.05, 0) is 6.16 Å². The molecule has 6 nitrogen and oxygen atoms in total. The van der Waals surface area contributed by atoms with Crippen molar-refractivity contribution in [2.24, 2.45) is 0 Å². The maximum absolute atomic E-state index is 8.42. The topological polar surface area (TPSA) is 132 Å². The SMILES string of the molecule is O=C([O-])[O-].[Na+].[Na+].[Na+].[Na+].[Na+].[O-]B([O-])[O-]. The Hall–Kier alpha value is 4.21. The van der Waals surface area contributed by atoms with Crippen LogP contribution in [-0.2, 0) is 0 Å². The Morgan fingerprint density at radius 3 is 0.769 bits per heavy atom. The Morgan fingerprint density at radius 2 is 0.769 bits per heavy atom. The fraction of sp³-hybridized carbons (Fsp3) is 0. The van der Waals surface area contributed by atoms with E-state index in [1.807, 2.05) is 0 Å². The largest absolute Gasteiger partial charge is 1.00 e. The fourth-order valence-electron chi connectivity index (χ4n) is 0. The summed E-state index contributed by atoms with van der Waals surface area (Å²) in [5.74, 6) is 0. The van der Waals surface area contributed by atoms with Crippen LogP contribution in [0.25, 0.3) is 0 Å². The van der Waals surface area contributed by atoms with Crippen LogP contribution in [0.5, 0.6) is 0 Å². The first-order valence-corrected chi connectivity index (χ1v) is 1.32. The quantitative estimate of drug-likeness (QED) is 0.382. The zero-order chi connectivity index (χ0) is 7.15. The first-order valence-electron chi connectivity index (χ1n) is 1.32. The van der Waals surface area contributed by atoms with E-state index in [1.54, 1.807) is 0 Å². The second-order valence-electron chi connectivity index (χ2n) is 0.539. The van der Waals surface area contributed by atoms with Crippen molar-refractivity contribution >= 4 is 13.5 Å². The van der Waals surface area contributed by atoms with Gasteiger partial charge < -0.3 is 30.1 Å².